The van der Waals surface area contributed by atoms with Gasteiger partial charge in [-0.15, -0.1) is 0 Å². The van der Waals surface area contributed by atoms with Gasteiger partial charge < -0.3 is 19.7 Å². The molecule has 39 heavy (non-hydrogen) atoms. The minimum absolute atomic E-state index is 0.0235. The number of amides is 3. The van der Waals surface area contributed by atoms with Crippen molar-refractivity contribution in [1.82, 2.24) is 20.1 Å². The van der Waals surface area contributed by atoms with Gasteiger partial charge in [0.2, 0.25) is 5.91 Å². The van der Waals surface area contributed by atoms with Crippen LogP contribution in [0.2, 0.25) is 0 Å². The third-order valence-electron chi connectivity index (χ3n) is 7.22. The molecule has 0 bridgehead atoms. The van der Waals surface area contributed by atoms with Crippen LogP contribution in [0, 0.1) is 5.82 Å². The van der Waals surface area contributed by atoms with Crippen molar-refractivity contribution in [2.45, 2.75) is 31.2 Å². The van der Waals surface area contributed by atoms with Crippen molar-refractivity contribution in [2.24, 2.45) is 0 Å². The number of hydrogen-bond donors (Lipinski definition) is 1. The Morgan fingerprint density at radius 1 is 1.03 bits per heavy atom. The summed E-state index contributed by atoms with van der Waals surface area (Å²) in [7, 11) is 1.52. The lowest BCUT2D eigenvalue weighted by Crippen LogP contribution is -2.59. The van der Waals surface area contributed by atoms with E-state index >= 15 is 0 Å². The van der Waals surface area contributed by atoms with Gasteiger partial charge >= 0.3 is 0 Å². The predicted molar refractivity (Wildman–Crippen MR) is 139 cm³/mol. The van der Waals surface area contributed by atoms with Crippen molar-refractivity contribution < 1.29 is 28.2 Å². The molecule has 1 spiro atoms. The van der Waals surface area contributed by atoms with E-state index in [1.807, 2.05) is 0 Å². The second-order valence-electron chi connectivity index (χ2n) is 9.56. The normalized spacial score (nSPS) is 18.2. The van der Waals surface area contributed by atoms with Crippen LogP contribution in [0.15, 0.2) is 73.1 Å². The molecule has 0 saturated carbocycles. The van der Waals surface area contributed by atoms with Gasteiger partial charge in [0.25, 0.3) is 11.8 Å². The highest BCUT2D eigenvalue weighted by Gasteiger charge is 2.54. The second kappa shape index (κ2) is 11.2. The molecule has 1 aromatic heterocycles. The van der Waals surface area contributed by atoms with Crippen LogP contribution in [0.25, 0.3) is 0 Å². The van der Waals surface area contributed by atoms with Crippen LogP contribution in [-0.4, -0.2) is 71.1 Å². The van der Waals surface area contributed by atoms with Crippen molar-refractivity contribution in [3.05, 3.63) is 95.6 Å². The standard InChI is InChI=1S/C29H29FN4O5/c1-38-24-7-3-5-22(17-24)28(37)34-25(26(35)32-18-20-8-12-31-13-9-20)19-39-29(34)10-14-33(15-11-29)27(36)21-4-2-6-23(30)16-21/h2-9,12-13,16-17,25H,10-11,14-15,18-19H2,1H3,(H,32,35). The van der Waals surface area contributed by atoms with Gasteiger partial charge in [0.05, 0.1) is 13.7 Å². The summed E-state index contributed by atoms with van der Waals surface area (Å²) in [6.45, 7) is 0.864. The molecular weight excluding hydrogens is 503 g/mol. The summed E-state index contributed by atoms with van der Waals surface area (Å²) >= 11 is 0. The summed E-state index contributed by atoms with van der Waals surface area (Å²) in [6.07, 6.45) is 3.90. The number of carbonyl (C=O) groups is 3. The van der Waals surface area contributed by atoms with Gasteiger partial charge in [0.1, 0.15) is 23.3 Å². The number of benzene rings is 2. The van der Waals surface area contributed by atoms with E-state index in [4.69, 9.17) is 9.47 Å². The highest BCUT2D eigenvalue weighted by atomic mass is 19.1. The van der Waals surface area contributed by atoms with Gasteiger partial charge in [-0.2, -0.15) is 0 Å². The number of aromatic nitrogens is 1. The minimum atomic E-state index is -1.07. The molecule has 3 aromatic rings. The Morgan fingerprint density at radius 3 is 2.41 bits per heavy atom. The molecule has 10 heteroatoms. The molecule has 2 aliphatic rings. The van der Waals surface area contributed by atoms with Gasteiger partial charge in [-0.05, 0) is 54.1 Å². The Kier molecular flexibility index (Phi) is 7.56. The first-order valence-electron chi connectivity index (χ1n) is 12.7. The number of pyridine rings is 1. The maximum absolute atomic E-state index is 13.9. The number of nitrogens with zero attached hydrogens (tertiary/aromatic N) is 3. The number of hydrogen-bond acceptors (Lipinski definition) is 6. The molecule has 3 heterocycles. The number of halogens is 1. The average molecular weight is 533 g/mol. The number of methoxy groups -OCH3 is 1. The Morgan fingerprint density at radius 2 is 1.72 bits per heavy atom. The fourth-order valence-electron chi connectivity index (χ4n) is 5.13. The molecule has 1 N–H and O–H groups in total. The van der Waals surface area contributed by atoms with E-state index in [-0.39, 0.29) is 49.5 Å². The summed E-state index contributed by atoms with van der Waals surface area (Å²) in [5, 5.41) is 2.91. The fraction of sp³-hybridized carbons (Fsp3) is 0.310. The smallest absolute Gasteiger partial charge is 0.257 e. The molecule has 2 saturated heterocycles. The zero-order valence-electron chi connectivity index (χ0n) is 21.5. The van der Waals surface area contributed by atoms with Crippen LogP contribution in [0.3, 0.4) is 0 Å². The van der Waals surface area contributed by atoms with Crippen LogP contribution in [0.1, 0.15) is 39.1 Å². The Labute approximate surface area is 225 Å². The number of carbonyl (C=O) groups excluding carboxylic acids is 3. The Balaban J connectivity index is 1.38. The Hall–Kier alpha value is -4.31. The first-order valence-corrected chi connectivity index (χ1v) is 12.7. The SMILES string of the molecule is COc1cccc(C(=O)N2C(C(=O)NCc3ccncc3)COC23CCN(C(=O)c2cccc(F)c2)CC3)c1. The topological polar surface area (TPSA) is 101 Å². The second-order valence-corrected chi connectivity index (χ2v) is 9.56. The number of rotatable bonds is 6. The first-order chi connectivity index (χ1) is 18.9. The molecule has 5 rings (SSSR count). The lowest BCUT2D eigenvalue weighted by molar-refractivity contribution is -0.128. The van der Waals surface area contributed by atoms with E-state index in [0.717, 1.165) is 5.56 Å². The number of ether oxygens (including phenoxy) is 2. The van der Waals surface area contributed by atoms with Gasteiger partial charge in [0.15, 0.2) is 0 Å². The van der Waals surface area contributed by atoms with Gasteiger partial charge in [0, 0.05) is 56.0 Å². The molecule has 2 aliphatic heterocycles. The van der Waals surface area contributed by atoms with Gasteiger partial charge in [-0.25, -0.2) is 4.39 Å². The quantitative estimate of drug-likeness (QED) is 0.524. The predicted octanol–water partition coefficient (Wildman–Crippen LogP) is 3.02. The summed E-state index contributed by atoms with van der Waals surface area (Å²) in [5.74, 6) is -0.952. The van der Waals surface area contributed by atoms with Gasteiger partial charge in [-0.1, -0.05) is 12.1 Å². The zero-order chi connectivity index (χ0) is 27.4. The molecule has 3 amide bonds. The third kappa shape index (κ3) is 5.46. The number of likely N-dealkylation sites (tertiary alicyclic amines) is 1. The van der Waals surface area contributed by atoms with Crippen LogP contribution >= 0.6 is 0 Å². The van der Waals surface area contributed by atoms with Crippen LogP contribution in [0.5, 0.6) is 5.75 Å². The average Bonchev–Trinajstić information content (AvgIpc) is 3.34. The lowest BCUT2D eigenvalue weighted by Gasteiger charge is -2.44. The summed E-state index contributed by atoms with van der Waals surface area (Å²) in [5.41, 5.74) is 0.430. The van der Waals surface area contributed by atoms with Crippen molar-refractivity contribution in [1.29, 1.82) is 0 Å². The van der Waals surface area contributed by atoms with E-state index in [1.54, 1.807) is 59.8 Å². The van der Waals surface area contributed by atoms with Crippen molar-refractivity contribution in [3.63, 3.8) is 0 Å². The maximum atomic E-state index is 13.9. The third-order valence-corrected chi connectivity index (χ3v) is 7.22. The molecule has 2 fully saturated rings. The van der Waals surface area contributed by atoms with E-state index in [0.29, 0.717) is 24.2 Å². The molecule has 202 valence electrons. The maximum Gasteiger partial charge on any atom is 0.257 e. The summed E-state index contributed by atoms with van der Waals surface area (Å²) in [6, 6.07) is 15.1. The van der Waals surface area contributed by atoms with Crippen LogP contribution in [-0.2, 0) is 16.1 Å². The van der Waals surface area contributed by atoms with E-state index in [9.17, 15) is 18.8 Å². The van der Waals surface area contributed by atoms with Crippen LogP contribution in [0.4, 0.5) is 4.39 Å². The van der Waals surface area contributed by atoms with Crippen molar-refractivity contribution in [3.8, 4) is 5.75 Å². The summed E-state index contributed by atoms with van der Waals surface area (Å²) in [4.78, 5) is 47.5. The molecule has 2 aromatic carbocycles. The largest absolute Gasteiger partial charge is 0.497 e. The Bertz CT molecular complexity index is 1360. The number of nitrogens with one attached hydrogen (secondary N) is 1. The highest BCUT2D eigenvalue weighted by Crippen LogP contribution is 2.39. The van der Waals surface area contributed by atoms with Gasteiger partial charge in [-0.3, -0.25) is 24.3 Å². The molecule has 9 nitrogen and oxygen atoms in total. The van der Waals surface area contributed by atoms with E-state index < -0.39 is 17.6 Å². The number of piperidine rings is 1. The molecule has 1 atom stereocenters. The van der Waals surface area contributed by atoms with Crippen molar-refractivity contribution in [2.75, 3.05) is 26.8 Å². The molecule has 0 radical (unpaired) electrons. The molecule has 0 aliphatic carbocycles. The monoisotopic (exact) mass is 532 g/mol. The van der Waals surface area contributed by atoms with E-state index in [2.05, 4.69) is 10.3 Å². The minimum Gasteiger partial charge on any atom is -0.497 e. The molecule has 1 unspecified atom stereocenters. The first kappa shape index (κ1) is 26.3. The summed E-state index contributed by atoms with van der Waals surface area (Å²) < 4.78 is 25.2. The van der Waals surface area contributed by atoms with E-state index in [1.165, 1.54) is 30.2 Å². The highest BCUT2D eigenvalue weighted by molar-refractivity contribution is 5.99. The lowest BCUT2D eigenvalue weighted by atomic mass is 9.96. The molecular formula is C29H29FN4O5. The fourth-order valence-corrected chi connectivity index (χ4v) is 5.13. The zero-order valence-corrected chi connectivity index (χ0v) is 21.5. The van der Waals surface area contributed by atoms with Crippen molar-refractivity contribution >= 4 is 17.7 Å². The van der Waals surface area contributed by atoms with Crippen LogP contribution < -0.4 is 10.1 Å².